The molecule has 1 N–H and O–H groups in total. The fraction of sp³-hybridized carbons (Fsp3) is 0.333. The maximum atomic E-state index is 6.46. The third-order valence-electron chi connectivity index (χ3n) is 4.46. The van der Waals surface area contributed by atoms with Gasteiger partial charge in [-0.05, 0) is 73.9 Å². The third-order valence-corrected chi connectivity index (χ3v) is 6.12. The molecule has 0 saturated carbocycles. The van der Waals surface area contributed by atoms with Crippen LogP contribution in [-0.4, -0.2) is 9.97 Å². The van der Waals surface area contributed by atoms with Crippen molar-refractivity contribution in [1.29, 1.82) is 0 Å². The minimum atomic E-state index is 0.268. The predicted octanol–water partition coefficient (Wildman–Crippen LogP) is 6.24. The molecule has 2 heterocycles. The summed E-state index contributed by atoms with van der Waals surface area (Å²) in [5.41, 5.74) is 4.49. The molecule has 0 amide bonds. The molecule has 1 aliphatic rings. The Hall–Kier alpha value is -1.36. The highest BCUT2D eigenvalue weighted by Crippen LogP contribution is 2.41. The topological polar surface area (TPSA) is 37.8 Å². The molecule has 1 aliphatic carbocycles. The molecule has 0 atom stereocenters. The van der Waals surface area contributed by atoms with Crippen LogP contribution in [0.5, 0.6) is 0 Å². The zero-order valence-electron chi connectivity index (χ0n) is 13.5. The zero-order valence-corrected chi connectivity index (χ0v) is 15.9. The minimum Gasteiger partial charge on any atom is -0.338 e. The summed E-state index contributed by atoms with van der Waals surface area (Å²) in [6.45, 7) is 4.09. The second-order valence-corrected chi connectivity index (χ2v) is 8.12. The molecule has 1 aromatic carbocycles. The number of nitrogens with one attached hydrogen (secondary N) is 1. The first-order chi connectivity index (χ1) is 11.5. The van der Waals surface area contributed by atoms with Crippen molar-refractivity contribution in [2.45, 2.75) is 39.5 Å². The standard InChI is InChI=1S/C18H17Cl2N3S/c1-9-7-10(2)15(12(19)8-9)21-16-14-11-5-3-4-6-13(11)24-17(14)23-18(20)22-16/h7-8H,3-6H2,1-2H3,(H,21,22,23). The van der Waals surface area contributed by atoms with Crippen molar-refractivity contribution in [2.75, 3.05) is 5.32 Å². The first-order valence-corrected chi connectivity index (χ1v) is 9.61. The van der Waals surface area contributed by atoms with E-state index >= 15 is 0 Å². The van der Waals surface area contributed by atoms with Gasteiger partial charge in [-0.15, -0.1) is 11.3 Å². The highest BCUT2D eigenvalue weighted by atomic mass is 35.5. The van der Waals surface area contributed by atoms with E-state index in [0.29, 0.717) is 5.02 Å². The van der Waals surface area contributed by atoms with E-state index < -0.39 is 0 Å². The van der Waals surface area contributed by atoms with Gasteiger partial charge in [0.1, 0.15) is 10.6 Å². The predicted molar refractivity (Wildman–Crippen MR) is 103 cm³/mol. The Bertz CT molecular complexity index is 926. The Balaban J connectivity index is 1.89. The number of aromatic nitrogens is 2. The smallest absolute Gasteiger partial charge is 0.225 e. The van der Waals surface area contributed by atoms with Crippen molar-refractivity contribution in [2.24, 2.45) is 0 Å². The zero-order chi connectivity index (χ0) is 16.8. The molecule has 2 aromatic heterocycles. The number of nitrogens with zero attached hydrogens (tertiary/aromatic N) is 2. The fourth-order valence-corrected chi connectivity index (χ4v) is 5.26. The number of hydrogen-bond acceptors (Lipinski definition) is 4. The average Bonchev–Trinajstić information content (AvgIpc) is 2.88. The van der Waals surface area contributed by atoms with Gasteiger partial charge in [-0.25, -0.2) is 4.98 Å². The highest BCUT2D eigenvalue weighted by Gasteiger charge is 2.21. The van der Waals surface area contributed by atoms with Crippen LogP contribution in [-0.2, 0) is 12.8 Å². The van der Waals surface area contributed by atoms with E-state index in [1.807, 2.05) is 19.9 Å². The van der Waals surface area contributed by atoms with Gasteiger partial charge in [0, 0.05) is 4.88 Å². The van der Waals surface area contributed by atoms with Crippen LogP contribution in [0.15, 0.2) is 12.1 Å². The normalized spacial score (nSPS) is 14.0. The number of anilines is 2. The van der Waals surface area contributed by atoms with Crippen LogP contribution in [0.1, 0.15) is 34.4 Å². The second kappa shape index (κ2) is 6.17. The van der Waals surface area contributed by atoms with Gasteiger partial charge in [0.15, 0.2) is 0 Å². The largest absolute Gasteiger partial charge is 0.338 e. The maximum absolute atomic E-state index is 6.46. The Morgan fingerprint density at radius 1 is 1.08 bits per heavy atom. The monoisotopic (exact) mass is 377 g/mol. The Kier molecular flexibility index (Phi) is 4.15. The van der Waals surface area contributed by atoms with Crippen molar-refractivity contribution in [1.82, 2.24) is 9.97 Å². The Morgan fingerprint density at radius 2 is 1.88 bits per heavy atom. The lowest BCUT2D eigenvalue weighted by atomic mass is 9.97. The summed E-state index contributed by atoms with van der Waals surface area (Å²) in [6.07, 6.45) is 4.66. The molecule has 3 nitrogen and oxygen atoms in total. The van der Waals surface area contributed by atoms with Crippen LogP contribution in [0.2, 0.25) is 10.3 Å². The van der Waals surface area contributed by atoms with Crippen molar-refractivity contribution in [3.05, 3.63) is 44.0 Å². The second-order valence-electron chi connectivity index (χ2n) is 6.30. The molecule has 24 heavy (non-hydrogen) atoms. The first-order valence-electron chi connectivity index (χ1n) is 8.04. The number of fused-ring (bicyclic) bond motifs is 3. The quantitative estimate of drug-likeness (QED) is 0.537. The van der Waals surface area contributed by atoms with Crippen LogP contribution in [0.25, 0.3) is 10.2 Å². The van der Waals surface area contributed by atoms with Crippen molar-refractivity contribution in [3.8, 4) is 0 Å². The van der Waals surface area contributed by atoms with Crippen molar-refractivity contribution < 1.29 is 0 Å². The van der Waals surface area contributed by atoms with Gasteiger partial charge in [-0.1, -0.05) is 17.7 Å². The summed E-state index contributed by atoms with van der Waals surface area (Å²) in [6, 6.07) is 4.07. The first kappa shape index (κ1) is 16.1. The molecule has 0 aliphatic heterocycles. The lowest BCUT2D eigenvalue weighted by molar-refractivity contribution is 0.700. The average molecular weight is 378 g/mol. The van der Waals surface area contributed by atoms with E-state index in [1.165, 1.54) is 23.3 Å². The van der Waals surface area contributed by atoms with Gasteiger partial charge in [-0.2, -0.15) is 4.98 Å². The van der Waals surface area contributed by atoms with E-state index in [0.717, 1.165) is 45.7 Å². The number of thiophene rings is 1. The number of halogens is 2. The minimum absolute atomic E-state index is 0.268. The number of benzene rings is 1. The molecule has 0 fully saturated rings. The number of rotatable bonds is 2. The van der Waals surface area contributed by atoms with Crippen LogP contribution in [0.4, 0.5) is 11.5 Å². The third kappa shape index (κ3) is 2.77. The lowest BCUT2D eigenvalue weighted by Crippen LogP contribution is -2.02. The van der Waals surface area contributed by atoms with E-state index in [1.54, 1.807) is 11.3 Å². The highest BCUT2D eigenvalue weighted by molar-refractivity contribution is 7.19. The molecule has 124 valence electrons. The Morgan fingerprint density at radius 3 is 2.67 bits per heavy atom. The van der Waals surface area contributed by atoms with Crippen molar-refractivity contribution in [3.63, 3.8) is 0 Å². The van der Waals surface area contributed by atoms with Crippen LogP contribution < -0.4 is 5.32 Å². The molecule has 6 heteroatoms. The van der Waals surface area contributed by atoms with E-state index in [2.05, 4.69) is 21.4 Å². The Labute approximate surface area is 155 Å². The summed E-state index contributed by atoms with van der Waals surface area (Å²) < 4.78 is 0. The molecule has 0 radical (unpaired) electrons. The van der Waals surface area contributed by atoms with E-state index in [9.17, 15) is 0 Å². The molecule has 0 spiro atoms. The van der Waals surface area contributed by atoms with Gasteiger partial charge >= 0.3 is 0 Å². The van der Waals surface area contributed by atoms with Gasteiger partial charge in [0.05, 0.1) is 16.1 Å². The molecule has 0 bridgehead atoms. The maximum Gasteiger partial charge on any atom is 0.225 e. The lowest BCUT2D eigenvalue weighted by Gasteiger charge is -2.15. The van der Waals surface area contributed by atoms with Gasteiger partial charge in [-0.3, -0.25) is 0 Å². The summed E-state index contributed by atoms with van der Waals surface area (Å²) in [5.74, 6) is 0.762. The van der Waals surface area contributed by atoms with E-state index in [-0.39, 0.29) is 5.28 Å². The molecule has 0 saturated heterocycles. The molecule has 3 aromatic rings. The fourth-order valence-electron chi connectivity index (χ4n) is 3.41. The molecule has 4 rings (SSSR count). The summed E-state index contributed by atoms with van der Waals surface area (Å²) in [4.78, 5) is 11.3. The van der Waals surface area contributed by atoms with Crippen molar-refractivity contribution >= 4 is 56.3 Å². The van der Waals surface area contributed by atoms with E-state index in [4.69, 9.17) is 23.2 Å². The van der Waals surface area contributed by atoms with Gasteiger partial charge < -0.3 is 5.32 Å². The molecular formula is C18H17Cl2N3S. The SMILES string of the molecule is Cc1cc(C)c(Nc2nc(Cl)nc3sc4c(c23)CCCC4)c(Cl)c1. The number of aryl methyl sites for hydroxylation is 4. The molecular weight excluding hydrogens is 361 g/mol. The van der Waals surface area contributed by atoms with Gasteiger partial charge in [0.2, 0.25) is 5.28 Å². The molecule has 0 unspecified atom stereocenters. The summed E-state index contributed by atoms with van der Waals surface area (Å²) >= 11 is 14.4. The van der Waals surface area contributed by atoms with Crippen LogP contribution >= 0.6 is 34.5 Å². The number of hydrogen-bond donors (Lipinski definition) is 1. The van der Waals surface area contributed by atoms with Crippen LogP contribution in [0, 0.1) is 13.8 Å². The summed E-state index contributed by atoms with van der Waals surface area (Å²) in [5, 5.41) is 5.50. The summed E-state index contributed by atoms with van der Waals surface area (Å²) in [7, 11) is 0. The van der Waals surface area contributed by atoms with Gasteiger partial charge in [0.25, 0.3) is 0 Å². The van der Waals surface area contributed by atoms with Crippen LogP contribution in [0.3, 0.4) is 0 Å².